The van der Waals surface area contributed by atoms with E-state index in [9.17, 15) is 14.4 Å². The number of aryl methyl sites for hydroxylation is 1. The number of rotatable bonds is 5. The molecule has 0 atom stereocenters. The molecule has 2 aromatic rings. The van der Waals surface area contributed by atoms with E-state index in [4.69, 9.17) is 5.11 Å². The molecule has 0 spiro atoms. The van der Waals surface area contributed by atoms with Crippen LogP contribution in [0.1, 0.15) is 46.0 Å². The second-order valence-electron chi connectivity index (χ2n) is 6.57. The summed E-state index contributed by atoms with van der Waals surface area (Å²) in [5.41, 5.74) is 2.15. The molecule has 0 unspecified atom stereocenters. The van der Waals surface area contributed by atoms with Crippen LogP contribution in [0.3, 0.4) is 0 Å². The van der Waals surface area contributed by atoms with Crippen LogP contribution in [0.15, 0.2) is 35.7 Å². The fraction of sp³-hybridized carbons (Fsp3) is 0.350. The van der Waals surface area contributed by atoms with E-state index in [2.05, 4.69) is 12.2 Å². The zero-order valence-electron chi connectivity index (χ0n) is 15.1. The maximum atomic E-state index is 12.8. The third-order valence-electron chi connectivity index (χ3n) is 4.88. The highest BCUT2D eigenvalue weighted by Gasteiger charge is 2.29. The molecule has 7 heteroatoms. The molecule has 6 nitrogen and oxygen atoms in total. The van der Waals surface area contributed by atoms with E-state index in [1.54, 1.807) is 28.5 Å². The minimum absolute atomic E-state index is 0.170. The first-order valence-electron chi connectivity index (χ1n) is 8.99. The Labute approximate surface area is 161 Å². The highest BCUT2D eigenvalue weighted by molar-refractivity contribution is 7.14. The van der Waals surface area contributed by atoms with E-state index in [0.29, 0.717) is 42.1 Å². The summed E-state index contributed by atoms with van der Waals surface area (Å²) in [4.78, 5) is 38.0. The summed E-state index contributed by atoms with van der Waals surface area (Å²) in [5, 5.41) is 14.2. The van der Waals surface area contributed by atoms with Gasteiger partial charge in [0.2, 0.25) is 0 Å². The van der Waals surface area contributed by atoms with E-state index < -0.39 is 5.97 Å². The smallest absolute Gasteiger partial charge is 0.306 e. The normalized spacial score (nSPS) is 14.8. The minimum Gasteiger partial charge on any atom is -0.481 e. The molecule has 1 aromatic carbocycles. The SMILES string of the molecule is CCc1ccc(C(=O)Nc2sccc2C(=O)N2CCC(C(=O)O)CC2)cc1. The number of carbonyl (C=O) groups is 3. The number of carboxylic acids is 1. The minimum atomic E-state index is -0.806. The molecule has 1 aliphatic rings. The number of nitrogens with zero attached hydrogens (tertiary/aromatic N) is 1. The number of amides is 2. The number of aliphatic carboxylic acids is 1. The summed E-state index contributed by atoms with van der Waals surface area (Å²) in [6.07, 6.45) is 1.82. The van der Waals surface area contributed by atoms with Crippen LogP contribution in [0.4, 0.5) is 5.00 Å². The third kappa shape index (κ3) is 4.36. The molecule has 1 aromatic heterocycles. The number of benzene rings is 1. The predicted molar refractivity (Wildman–Crippen MR) is 104 cm³/mol. The molecule has 142 valence electrons. The van der Waals surface area contributed by atoms with E-state index in [-0.39, 0.29) is 17.7 Å². The monoisotopic (exact) mass is 386 g/mol. The van der Waals surface area contributed by atoms with Crippen LogP contribution in [0.2, 0.25) is 0 Å². The fourth-order valence-corrected chi connectivity index (χ4v) is 3.92. The second kappa shape index (κ2) is 8.35. The lowest BCUT2D eigenvalue weighted by molar-refractivity contribution is -0.143. The summed E-state index contributed by atoms with van der Waals surface area (Å²) in [5.74, 6) is -1.61. The molecule has 0 radical (unpaired) electrons. The highest BCUT2D eigenvalue weighted by atomic mass is 32.1. The highest BCUT2D eigenvalue weighted by Crippen LogP contribution is 2.27. The van der Waals surface area contributed by atoms with E-state index in [1.165, 1.54) is 11.3 Å². The van der Waals surface area contributed by atoms with Gasteiger partial charge in [-0.25, -0.2) is 0 Å². The first-order valence-corrected chi connectivity index (χ1v) is 9.87. The van der Waals surface area contributed by atoms with Crippen LogP contribution in [0.5, 0.6) is 0 Å². The average molecular weight is 386 g/mol. The fourth-order valence-electron chi connectivity index (χ4n) is 3.14. The second-order valence-corrected chi connectivity index (χ2v) is 7.49. The van der Waals surface area contributed by atoms with E-state index >= 15 is 0 Å². The van der Waals surface area contributed by atoms with Gasteiger partial charge in [-0.05, 0) is 48.4 Å². The maximum Gasteiger partial charge on any atom is 0.306 e. The number of carbonyl (C=O) groups excluding carboxylic acids is 2. The largest absolute Gasteiger partial charge is 0.481 e. The van der Waals surface area contributed by atoms with Crippen LogP contribution in [-0.4, -0.2) is 40.9 Å². The number of hydrogen-bond acceptors (Lipinski definition) is 4. The molecule has 1 fully saturated rings. The van der Waals surface area contributed by atoms with Gasteiger partial charge < -0.3 is 15.3 Å². The van der Waals surface area contributed by atoms with Crippen molar-refractivity contribution in [2.45, 2.75) is 26.2 Å². The number of carboxylic acid groups (broad SMARTS) is 1. The van der Waals surface area contributed by atoms with Crippen molar-refractivity contribution in [3.63, 3.8) is 0 Å². The Morgan fingerprint density at radius 3 is 2.41 bits per heavy atom. The van der Waals surface area contributed by atoms with Crippen LogP contribution in [-0.2, 0) is 11.2 Å². The van der Waals surface area contributed by atoms with Gasteiger partial charge in [0.1, 0.15) is 5.00 Å². The van der Waals surface area contributed by atoms with Gasteiger partial charge in [-0.15, -0.1) is 11.3 Å². The Hall–Kier alpha value is -2.67. The molecule has 2 amide bonds. The van der Waals surface area contributed by atoms with Crippen molar-refractivity contribution >= 4 is 34.1 Å². The molecule has 0 aliphatic carbocycles. The van der Waals surface area contributed by atoms with Gasteiger partial charge in [-0.2, -0.15) is 0 Å². The number of nitrogens with one attached hydrogen (secondary N) is 1. The number of anilines is 1. The van der Waals surface area contributed by atoms with Crippen LogP contribution in [0.25, 0.3) is 0 Å². The average Bonchev–Trinajstić information content (AvgIpc) is 3.15. The molecule has 1 aliphatic heterocycles. The summed E-state index contributed by atoms with van der Waals surface area (Å²) in [6.45, 7) is 2.88. The number of thiophene rings is 1. The molecule has 0 saturated carbocycles. The Balaban J connectivity index is 1.67. The molecule has 3 rings (SSSR count). The van der Waals surface area contributed by atoms with Gasteiger partial charge in [0.05, 0.1) is 11.5 Å². The molecular weight excluding hydrogens is 364 g/mol. The number of likely N-dealkylation sites (tertiary alicyclic amines) is 1. The van der Waals surface area contributed by atoms with Crippen LogP contribution < -0.4 is 5.32 Å². The molecule has 2 N–H and O–H groups in total. The number of piperidine rings is 1. The van der Waals surface area contributed by atoms with Crippen LogP contribution >= 0.6 is 11.3 Å². The molecule has 1 saturated heterocycles. The Kier molecular flexibility index (Phi) is 5.91. The molecule has 27 heavy (non-hydrogen) atoms. The Morgan fingerprint density at radius 2 is 1.81 bits per heavy atom. The first-order chi connectivity index (χ1) is 13.0. The molecule has 0 bridgehead atoms. The van der Waals surface area contributed by atoms with Crippen molar-refractivity contribution in [1.29, 1.82) is 0 Å². The lowest BCUT2D eigenvalue weighted by atomic mass is 9.97. The predicted octanol–water partition coefficient (Wildman–Crippen LogP) is 3.50. The van der Waals surface area contributed by atoms with Crippen molar-refractivity contribution in [2.75, 3.05) is 18.4 Å². The third-order valence-corrected chi connectivity index (χ3v) is 5.71. The van der Waals surface area contributed by atoms with Crippen molar-refractivity contribution in [1.82, 2.24) is 4.90 Å². The van der Waals surface area contributed by atoms with Gasteiger partial charge in [-0.1, -0.05) is 19.1 Å². The lowest BCUT2D eigenvalue weighted by Gasteiger charge is -2.30. The number of hydrogen-bond donors (Lipinski definition) is 2. The quantitative estimate of drug-likeness (QED) is 0.823. The van der Waals surface area contributed by atoms with Crippen LogP contribution in [0, 0.1) is 5.92 Å². The van der Waals surface area contributed by atoms with Gasteiger partial charge in [0, 0.05) is 18.7 Å². The zero-order chi connectivity index (χ0) is 19.4. The van der Waals surface area contributed by atoms with Gasteiger partial charge in [0.15, 0.2) is 0 Å². The first kappa shape index (κ1) is 19.1. The van der Waals surface area contributed by atoms with Crippen molar-refractivity contribution in [2.24, 2.45) is 5.92 Å². The van der Waals surface area contributed by atoms with Crippen molar-refractivity contribution < 1.29 is 19.5 Å². The molecular formula is C20H22N2O4S. The summed E-state index contributed by atoms with van der Waals surface area (Å²) in [7, 11) is 0. The standard InChI is InChI=1S/C20H22N2O4S/c1-2-13-3-5-14(6-4-13)17(23)21-18-16(9-12-27-18)19(24)22-10-7-15(8-11-22)20(25)26/h3-6,9,12,15H,2,7-8,10-11H2,1H3,(H,21,23)(H,25,26). The molecule has 2 heterocycles. The van der Waals surface area contributed by atoms with Gasteiger partial charge in [-0.3, -0.25) is 14.4 Å². The summed E-state index contributed by atoms with van der Waals surface area (Å²) >= 11 is 1.30. The van der Waals surface area contributed by atoms with Crippen molar-refractivity contribution in [3.8, 4) is 0 Å². The van der Waals surface area contributed by atoms with Crippen molar-refractivity contribution in [3.05, 3.63) is 52.4 Å². The van der Waals surface area contributed by atoms with E-state index in [1.807, 2.05) is 12.1 Å². The summed E-state index contributed by atoms with van der Waals surface area (Å²) in [6, 6.07) is 9.09. The summed E-state index contributed by atoms with van der Waals surface area (Å²) < 4.78 is 0. The zero-order valence-corrected chi connectivity index (χ0v) is 15.9. The maximum absolute atomic E-state index is 12.8. The van der Waals surface area contributed by atoms with E-state index in [0.717, 1.165) is 12.0 Å². The van der Waals surface area contributed by atoms with Gasteiger partial charge in [0.25, 0.3) is 11.8 Å². The van der Waals surface area contributed by atoms with Gasteiger partial charge >= 0.3 is 5.97 Å². The Morgan fingerprint density at radius 1 is 1.15 bits per heavy atom. The topological polar surface area (TPSA) is 86.7 Å². The Bertz CT molecular complexity index is 836. The lowest BCUT2D eigenvalue weighted by Crippen LogP contribution is -2.40.